The first kappa shape index (κ1) is 19.3. The Morgan fingerprint density at radius 2 is 1.61 bits per heavy atom. The summed E-state index contributed by atoms with van der Waals surface area (Å²) in [6.45, 7) is 0.352. The molecule has 0 bridgehead atoms. The van der Waals surface area contributed by atoms with Gasteiger partial charge in [0.15, 0.2) is 18.1 Å². The Hall–Kier alpha value is -3.47. The van der Waals surface area contributed by atoms with Crippen LogP contribution in [0, 0.1) is 0 Å². The third-order valence-corrected chi connectivity index (χ3v) is 4.34. The molecule has 5 nitrogen and oxygen atoms in total. The zero-order valence-corrected chi connectivity index (χ0v) is 15.5. The van der Waals surface area contributed by atoms with Crippen molar-refractivity contribution in [2.75, 3.05) is 13.2 Å². The number of benzene rings is 3. The van der Waals surface area contributed by atoms with Crippen LogP contribution >= 0.6 is 0 Å². The summed E-state index contributed by atoms with van der Waals surface area (Å²) in [7, 11) is 0. The molecule has 0 aromatic heterocycles. The predicted molar refractivity (Wildman–Crippen MR) is 108 cm³/mol. The summed E-state index contributed by atoms with van der Waals surface area (Å²) < 4.78 is 5.72. The molecule has 5 heteroatoms. The van der Waals surface area contributed by atoms with Gasteiger partial charge in [-0.2, -0.15) is 0 Å². The van der Waals surface area contributed by atoms with E-state index >= 15 is 0 Å². The largest absolute Gasteiger partial charge is 0.504 e. The number of rotatable bonds is 8. The van der Waals surface area contributed by atoms with Crippen LogP contribution in [-0.2, 0) is 17.6 Å². The lowest BCUT2D eigenvalue weighted by Gasteiger charge is -2.12. The molecule has 0 heterocycles. The van der Waals surface area contributed by atoms with E-state index < -0.39 is 0 Å². The number of amides is 1. The number of phenolic OH excluding ortho intramolecular Hbond substituents is 2. The topological polar surface area (TPSA) is 78.8 Å². The Kier molecular flexibility index (Phi) is 6.52. The predicted octanol–water partition coefficient (Wildman–Crippen LogP) is 3.43. The highest BCUT2D eigenvalue weighted by molar-refractivity contribution is 5.77. The lowest BCUT2D eigenvalue weighted by molar-refractivity contribution is -0.123. The van der Waals surface area contributed by atoms with Gasteiger partial charge in [0.1, 0.15) is 5.75 Å². The Balaban J connectivity index is 1.48. The number of aromatic hydroxyl groups is 2. The van der Waals surface area contributed by atoms with E-state index in [4.69, 9.17) is 4.74 Å². The fourth-order valence-corrected chi connectivity index (χ4v) is 2.87. The van der Waals surface area contributed by atoms with E-state index in [2.05, 4.69) is 17.4 Å². The highest BCUT2D eigenvalue weighted by Gasteiger charge is 2.08. The fourth-order valence-electron chi connectivity index (χ4n) is 2.87. The van der Waals surface area contributed by atoms with Crippen LogP contribution in [-0.4, -0.2) is 29.3 Å². The summed E-state index contributed by atoms with van der Waals surface area (Å²) in [6.07, 6.45) is 1.28. The van der Waals surface area contributed by atoms with Gasteiger partial charge in [0.25, 0.3) is 5.91 Å². The SMILES string of the molecule is O=C(COc1ccccc1Cc1ccccc1)NCCc1ccc(O)c(O)c1. The van der Waals surface area contributed by atoms with Crippen molar-refractivity contribution in [2.24, 2.45) is 0 Å². The molecule has 144 valence electrons. The van der Waals surface area contributed by atoms with Gasteiger partial charge in [0, 0.05) is 13.0 Å². The van der Waals surface area contributed by atoms with Gasteiger partial charge < -0.3 is 20.3 Å². The third-order valence-electron chi connectivity index (χ3n) is 4.34. The Morgan fingerprint density at radius 1 is 0.857 bits per heavy atom. The van der Waals surface area contributed by atoms with Crippen LogP contribution in [0.25, 0.3) is 0 Å². The lowest BCUT2D eigenvalue weighted by atomic mass is 10.0. The number of hydrogen-bond acceptors (Lipinski definition) is 4. The molecule has 0 saturated heterocycles. The molecule has 3 aromatic carbocycles. The maximum absolute atomic E-state index is 12.1. The molecule has 1 amide bonds. The number of ether oxygens (including phenoxy) is 1. The smallest absolute Gasteiger partial charge is 0.257 e. The molecule has 3 aromatic rings. The number of phenols is 2. The van der Waals surface area contributed by atoms with Crippen molar-refractivity contribution < 1.29 is 19.7 Å². The highest BCUT2D eigenvalue weighted by atomic mass is 16.5. The monoisotopic (exact) mass is 377 g/mol. The van der Waals surface area contributed by atoms with E-state index in [9.17, 15) is 15.0 Å². The average molecular weight is 377 g/mol. The molecule has 3 rings (SSSR count). The van der Waals surface area contributed by atoms with Crippen LogP contribution in [0.4, 0.5) is 0 Å². The van der Waals surface area contributed by atoms with Gasteiger partial charge in [0.2, 0.25) is 0 Å². The molecule has 3 N–H and O–H groups in total. The maximum Gasteiger partial charge on any atom is 0.257 e. The van der Waals surface area contributed by atoms with Gasteiger partial charge in [-0.3, -0.25) is 4.79 Å². The maximum atomic E-state index is 12.1. The van der Waals surface area contributed by atoms with E-state index in [1.807, 2.05) is 42.5 Å². The molecule has 0 aliphatic carbocycles. The van der Waals surface area contributed by atoms with Gasteiger partial charge in [-0.05, 0) is 41.3 Å². The molecule has 0 fully saturated rings. The average Bonchev–Trinajstić information content (AvgIpc) is 2.71. The van der Waals surface area contributed by atoms with E-state index in [0.717, 1.165) is 17.5 Å². The Labute approximate surface area is 164 Å². The van der Waals surface area contributed by atoms with Crippen LogP contribution in [0.15, 0.2) is 72.8 Å². The van der Waals surface area contributed by atoms with E-state index in [1.54, 1.807) is 6.07 Å². The van der Waals surface area contributed by atoms with Gasteiger partial charge >= 0.3 is 0 Å². The summed E-state index contributed by atoms with van der Waals surface area (Å²) in [5.41, 5.74) is 3.03. The first-order chi connectivity index (χ1) is 13.6. The van der Waals surface area contributed by atoms with Gasteiger partial charge in [-0.15, -0.1) is 0 Å². The van der Waals surface area contributed by atoms with Crippen molar-refractivity contribution in [1.82, 2.24) is 5.32 Å². The summed E-state index contributed by atoms with van der Waals surface area (Å²) in [5, 5.41) is 21.6. The van der Waals surface area contributed by atoms with Crippen molar-refractivity contribution >= 4 is 5.91 Å². The molecule has 0 atom stereocenters. The van der Waals surface area contributed by atoms with Crippen molar-refractivity contribution in [3.63, 3.8) is 0 Å². The third kappa shape index (κ3) is 5.51. The summed E-state index contributed by atoms with van der Waals surface area (Å²) in [4.78, 5) is 12.1. The minimum Gasteiger partial charge on any atom is -0.504 e. The molecular formula is C23H23NO4. The van der Waals surface area contributed by atoms with E-state index in [-0.39, 0.29) is 24.0 Å². The minimum atomic E-state index is -0.211. The molecule has 0 unspecified atom stereocenters. The Bertz CT molecular complexity index is 925. The number of hydrogen-bond donors (Lipinski definition) is 3. The standard InChI is InChI=1S/C23H23NO4/c25-20-11-10-18(15-21(20)26)12-13-24-23(27)16-28-22-9-5-4-8-19(22)14-17-6-2-1-3-7-17/h1-11,15,25-26H,12-14,16H2,(H,24,27). The van der Waals surface area contributed by atoms with Gasteiger partial charge in [-0.25, -0.2) is 0 Å². The van der Waals surface area contributed by atoms with Crippen LogP contribution < -0.4 is 10.1 Å². The van der Waals surface area contributed by atoms with E-state index in [0.29, 0.717) is 18.7 Å². The van der Waals surface area contributed by atoms with E-state index in [1.165, 1.54) is 17.7 Å². The van der Waals surface area contributed by atoms with Crippen LogP contribution in [0.5, 0.6) is 17.2 Å². The first-order valence-corrected chi connectivity index (χ1v) is 9.14. The van der Waals surface area contributed by atoms with Gasteiger partial charge in [-0.1, -0.05) is 54.6 Å². The quantitative estimate of drug-likeness (QED) is 0.526. The summed E-state index contributed by atoms with van der Waals surface area (Å²) in [5.74, 6) is 0.167. The molecule has 0 radical (unpaired) electrons. The van der Waals surface area contributed by atoms with Crippen molar-refractivity contribution in [3.8, 4) is 17.2 Å². The van der Waals surface area contributed by atoms with Crippen LogP contribution in [0.3, 0.4) is 0 Å². The molecular weight excluding hydrogens is 354 g/mol. The second kappa shape index (κ2) is 9.46. The molecule has 0 spiro atoms. The molecule has 0 saturated carbocycles. The Morgan fingerprint density at radius 3 is 2.39 bits per heavy atom. The zero-order chi connectivity index (χ0) is 19.8. The summed E-state index contributed by atoms with van der Waals surface area (Å²) in [6, 6.07) is 22.4. The molecule has 0 aliphatic rings. The van der Waals surface area contributed by atoms with Crippen molar-refractivity contribution in [2.45, 2.75) is 12.8 Å². The lowest BCUT2D eigenvalue weighted by Crippen LogP contribution is -2.30. The molecule has 28 heavy (non-hydrogen) atoms. The minimum absolute atomic E-state index is 0.0629. The number of carbonyl (C=O) groups is 1. The van der Waals surface area contributed by atoms with Crippen molar-refractivity contribution in [1.29, 1.82) is 0 Å². The van der Waals surface area contributed by atoms with Crippen LogP contribution in [0.1, 0.15) is 16.7 Å². The fraction of sp³-hybridized carbons (Fsp3) is 0.174. The normalized spacial score (nSPS) is 10.4. The number of carbonyl (C=O) groups excluding carboxylic acids is 1. The molecule has 0 aliphatic heterocycles. The second-order valence-electron chi connectivity index (χ2n) is 6.48. The first-order valence-electron chi connectivity index (χ1n) is 9.14. The second-order valence-corrected chi connectivity index (χ2v) is 6.48. The van der Waals surface area contributed by atoms with Gasteiger partial charge in [0.05, 0.1) is 0 Å². The summed E-state index contributed by atoms with van der Waals surface area (Å²) >= 11 is 0. The van der Waals surface area contributed by atoms with Crippen LogP contribution in [0.2, 0.25) is 0 Å². The highest BCUT2D eigenvalue weighted by Crippen LogP contribution is 2.25. The zero-order valence-electron chi connectivity index (χ0n) is 15.5. The number of para-hydroxylation sites is 1. The number of nitrogens with one attached hydrogen (secondary N) is 1. The van der Waals surface area contributed by atoms with Crippen molar-refractivity contribution in [3.05, 3.63) is 89.5 Å².